The molecule has 1 atom stereocenters. The zero-order chi connectivity index (χ0) is 24.6. The Bertz CT molecular complexity index is 410. The van der Waals surface area contributed by atoms with Crippen molar-refractivity contribution < 1.29 is 9.53 Å². The minimum atomic E-state index is 0.00457. The fraction of sp³-hybridized carbons (Fsp3) is 0.968. The van der Waals surface area contributed by atoms with Crippen molar-refractivity contribution in [1.29, 1.82) is 0 Å². The van der Waals surface area contributed by atoms with Crippen LogP contribution in [-0.4, -0.2) is 12.6 Å². The molecule has 0 aliphatic rings. The Balaban J connectivity index is 3.22. The summed E-state index contributed by atoms with van der Waals surface area (Å²) in [5.41, 5.74) is 0.357. The Hall–Kier alpha value is -0.530. The fourth-order valence-corrected chi connectivity index (χ4v) is 4.94. The predicted molar refractivity (Wildman–Crippen MR) is 147 cm³/mol. The van der Waals surface area contributed by atoms with Crippen LogP contribution >= 0.6 is 0 Å². The molecule has 0 aromatic carbocycles. The molecule has 0 bridgehead atoms. The molecule has 0 aliphatic carbocycles. The number of hydrogen-bond donors (Lipinski definition) is 0. The van der Waals surface area contributed by atoms with Gasteiger partial charge >= 0.3 is 5.97 Å². The van der Waals surface area contributed by atoms with Crippen LogP contribution in [0.15, 0.2) is 0 Å². The highest BCUT2D eigenvalue weighted by Gasteiger charge is 2.15. The summed E-state index contributed by atoms with van der Waals surface area (Å²) in [7, 11) is 0. The molecule has 0 aromatic rings. The zero-order valence-electron chi connectivity index (χ0n) is 23.7. The van der Waals surface area contributed by atoms with Crippen LogP contribution in [-0.2, 0) is 9.53 Å². The Morgan fingerprint density at radius 3 is 1.36 bits per heavy atom. The molecule has 0 aliphatic heterocycles. The molecule has 0 saturated carbocycles. The van der Waals surface area contributed by atoms with Crippen molar-refractivity contribution in [2.45, 2.75) is 176 Å². The highest BCUT2D eigenvalue weighted by molar-refractivity contribution is 5.69. The Kier molecular flexibility index (Phi) is 22.9. The molecule has 0 aromatic heterocycles. The van der Waals surface area contributed by atoms with E-state index in [1.54, 1.807) is 0 Å². The van der Waals surface area contributed by atoms with E-state index >= 15 is 0 Å². The second kappa shape index (κ2) is 23.2. The van der Waals surface area contributed by atoms with Gasteiger partial charge in [0.15, 0.2) is 0 Å². The summed E-state index contributed by atoms with van der Waals surface area (Å²) in [4.78, 5) is 11.9. The molecule has 0 N–H and O–H groups in total. The van der Waals surface area contributed by atoms with Crippen molar-refractivity contribution in [2.75, 3.05) is 6.61 Å². The van der Waals surface area contributed by atoms with Crippen LogP contribution in [0, 0.1) is 11.3 Å². The van der Waals surface area contributed by atoms with Gasteiger partial charge in [0.25, 0.3) is 0 Å². The molecular weight excluding hydrogens is 404 g/mol. The van der Waals surface area contributed by atoms with Gasteiger partial charge in [-0.15, -0.1) is 0 Å². The Labute approximate surface area is 209 Å². The summed E-state index contributed by atoms with van der Waals surface area (Å²) >= 11 is 0. The Morgan fingerprint density at radius 1 is 0.636 bits per heavy atom. The number of hydrogen-bond acceptors (Lipinski definition) is 2. The van der Waals surface area contributed by atoms with Gasteiger partial charge in [-0.05, 0) is 30.6 Å². The summed E-state index contributed by atoms with van der Waals surface area (Å²) in [5, 5.41) is 0. The van der Waals surface area contributed by atoms with Gasteiger partial charge in [0.2, 0.25) is 0 Å². The molecule has 0 radical (unpaired) electrons. The molecule has 2 heteroatoms. The van der Waals surface area contributed by atoms with Crippen molar-refractivity contribution in [1.82, 2.24) is 0 Å². The average molecular weight is 467 g/mol. The van der Waals surface area contributed by atoms with Crippen LogP contribution < -0.4 is 0 Å². The van der Waals surface area contributed by atoms with E-state index in [0.29, 0.717) is 24.4 Å². The molecule has 0 spiro atoms. The largest absolute Gasteiger partial charge is 0.466 e. The monoisotopic (exact) mass is 466 g/mol. The molecule has 1 unspecified atom stereocenters. The van der Waals surface area contributed by atoms with E-state index in [-0.39, 0.29) is 5.97 Å². The van der Waals surface area contributed by atoms with Crippen LogP contribution in [0.2, 0.25) is 0 Å². The highest BCUT2D eigenvalue weighted by atomic mass is 16.5. The number of carbonyl (C=O) groups excluding carboxylic acids is 1. The van der Waals surface area contributed by atoms with E-state index in [1.807, 2.05) is 0 Å². The second-order valence-electron chi connectivity index (χ2n) is 12.0. The number of rotatable bonds is 24. The first-order valence-electron chi connectivity index (χ1n) is 15.0. The van der Waals surface area contributed by atoms with Crippen LogP contribution in [0.5, 0.6) is 0 Å². The zero-order valence-corrected chi connectivity index (χ0v) is 23.7. The highest BCUT2D eigenvalue weighted by Crippen LogP contribution is 2.25. The lowest BCUT2D eigenvalue weighted by Gasteiger charge is -2.22. The number of carbonyl (C=O) groups is 1. The molecular formula is C31H62O2. The summed E-state index contributed by atoms with van der Waals surface area (Å²) in [6.45, 7) is 12.0. The quantitative estimate of drug-likeness (QED) is 0.104. The smallest absolute Gasteiger partial charge is 0.305 e. The van der Waals surface area contributed by atoms with Crippen LogP contribution in [0.3, 0.4) is 0 Å². The minimum Gasteiger partial charge on any atom is -0.466 e. The topological polar surface area (TPSA) is 26.3 Å². The van der Waals surface area contributed by atoms with E-state index in [2.05, 4.69) is 34.6 Å². The molecule has 0 heterocycles. The SMILES string of the molecule is CCCCCCCCCCCCCCCCCCCCCC(=O)OCCC(C)CC(C)(C)C. The molecule has 0 amide bonds. The molecule has 198 valence electrons. The maximum absolute atomic E-state index is 11.9. The van der Waals surface area contributed by atoms with Gasteiger partial charge in [0.1, 0.15) is 0 Å². The van der Waals surface area contributed by atoms with Crippen LogP contribution in [0.25, 0.3) is 0 Å². The first-order valence-corrected chi connectivity index (χ1v) is 15.0. The molecule has 2 nitrogen and oxygen atoms in total. The van der Waals surface area contributed by atoms with Crippen molar-refractivity contribution in [3.8, 4) is 0 Å². The van der Waals surface area contributed by atoms with Gasteiger partial charge in [-0.2, -0.15) is 0 Å². The van der Waals surface area contributed by atoms with Gasteiger partial charge in [-0.1, -0.05) is 150 Å². The van der Waals surface area contributed by atoms with Crippen molar-refractivity contribution in [2.24, 2.45) is 11.3 Å². The van der Waals surface area contributed by atoms with Crippen molar-refractivity contribution in [3.05, 3.63) is 0 Å². The number of unbranched alkanes of at least 4 members (excludes halogenated alkanes) is 18. The third-order valence-corrected chi connectivity index (χ3v) is 6.82. The van der Waals surface area contributed by atoms with Gasteiger partial charge < -0.3 is 4.74 Å². The van der Waals surface area contributed by atoms with E-state index in [4.69, 9.17) is 4.74 Å². The maximum Gasteiger partial charge on any atom is 0.305 e. The Morgan fingerprint density at radius 2 is 1.00 bits per heavy atom. The summed E-state index contributed by atoms with van der Waals surface area (Å²) in [5.74, 6) is 0.623. The normalized spacial score (nSPS) is 12.8. The maximum atomic E-state index is 11.9. The van der Waals surface area contributed by atoms with Gasteiger partial charge in [-0.3, -0.25) is 4.79 Å². The summed E-state index contributed by atoms with van der Waals surface area (Å²) in [6.07, 6.45) is 29.0. The van der Waals surface area contributed by atoms with Gasteiger partial charge in [0, 0.05) is 6.42 Å². The molecule has 0 saturated heterocycles. The standard InChI is InChI=1S/C31H62O2/c1-6-7-8-9-10-11-12-13-14-15-16-17-18-19-20-21-22-23-24-25-30(32)33-27-26-29(2)28-31(3,4)5/h29H,6-28H2,1-5H3. The van der Waals surface area contributed by atoms with Crippen LogP contribution in [0.4, 0.5) is 0 Å². The van der Waals surface area contributed by atoms with Gasteiger partial charge in [-0.25, -0.2) is 0 Å². The predicted octanol–water partition coefficient (Wildman–Crippen LogP) is 10.8. The van der Waals surface area contributed by atoms with Crippen LogP contribution in [0.1, 0.15) is 176 Å². The average Bonchev–Trinajstić information content (AvgIpc) is 2.74. The van der Waals surface area contributed by atoms with Crippen molar-refractivity contribution >= 4 is 5.97 Å². The summed E-state index contributed by atoms with van der Waals surface area (Å²) in [6, 6.07) is 0. The molecule has 0 fully saturated rings. The van der Waals surface area contributed by atoms with E-state index < -0.39 is 0 Å². The summed E-state index contributed by atoms with van der Waals surface area (Å²) < 4.78 is 5.43. The van der Waals surface area contributed by atoms with E-state index in [0.717, 1.165) is 12.8 Å². The number of ether oxygens (including phenoxy) is 1. The van der Waals surface area contributed by atoms with E-state index in [1.165, 1.54) is 122 Å². The van der Waals surface area contributed by atoms with Gasteiger partial charge in [0.05, 0.1) is 6.61 Å². The second-order valence-corrected chi connectivity index (χ2v) is 12.0. The lowest BCUT2D eigenvalue weighted by atomic mass is 9.84. The lowest BCUT2D eigenvalue weighted by molar-refractivity contribution is -0.144. The number of esters is 1. The molecule has 0 rings (SSSR count). The lowest BCUT2D eigenvalue weighted by Crippen LogP contribution is -2.14. The first kappa shape index (κ1) is 32.5. The molecule has 33 heavy (non-hydrogen) atoms. The third-order valence-electron chi connectivity index (χ3n) is 6.82. The first-order chi connectivity index (χ1) is 15.8. The third kappa shape index (κ3) is 27.6. The fourth-order valence-electron chi connectivity index (χ4n) is 4.94. The van der Waals surface area contributed by atoms with E-state index in [9.17, 15) is 4.79 Å². The minimum absolute atomic E-state index is 0.00457. The van der Waals surface area contributed by atoms with Crippen molar-refractivity contribution in [3.63, 3.8) is 0 Å².